The van der Waals surface area contributed by atoms with Gasteiger partial charge in [0.25, 0.3) is 5.91 Å². The largest absolute Gasteiger partial charge is 1.00 e. The van der Waals surface area contributed by atoms with E-state index in [0.29, 0.717) is 23.4 Å². The van der Waals surface area contributed by atoms with E-state index in [4.69, 9.17) is 5.11 Å². The molecule has 0 saturated carbocycles. The van der Waals surface area contributed by atoms with E-state index in [0.717, 1.165) is 5.56 Å². The van der Waals surface area contributed by atoms with Crippen molar-refractivity contribution in [1.82, 2.24) is 15.1 Å². The first kappa shape index (κ1) is 31.7. The van der Waals surface area contributed by atoms with Crippen molar-refractivity contribution < 1.29 is 60.3 Å². The van der Waals surface area contributed by atoms with Crippen molar-refractivity contribution in [2.75, 3.05) is 0 Å². The van der Waals surface area contributed by atoms with Gasteiger partial charge >= 0.3 is 35.5 Å². The zero-order valence-electron chi connectivity index (χ0n) is 23.3. The number of carboxylic acids is 1. The third kappa shape index (κ3) is 8.47. The standard InChI is InChI=1S/C28H34FN3O5.Na.H/c1-17(2)26-24(14-13-22(33)15-23(34)16-25(35)36)32(21-11-9-20(29)10-12-21)31-27(26)28(37)30-18(3)19-7-5-4-6-8-19;;/h4-12,17-18,22-23,33-34H,13-16H2,1-3H3,(H,30,37)(H,35,36);;/q;+1;-1/t18-,22+,23+;;/m0../s1. The van der Waals surface area contributed by atoms with Gasteiger partial charge in [-0.1, -0.05) is 44.2 Å². The van der Waals surface area contributed by atoms with E-state index >= 15 is 0 Å². The molecular weight excluding hydrogens is 500 g/mol. The summed E-state index contributed by atoms with van der Waals surface area (Å²) in [6.07, 6.45) is -2.14. The molecule has 0 fully saturated rings. The second-order valence-electron chi connectivity index (χ2n) is 9.54. The number of hydrogen-bond acceptors (Lipinski definition) is 5. The Hall–Kier alpha value is -2.56. The van der Waals surface area contributed by atoms with Crippen LogP contribution in [0.25, 0.3) is 5.69 Å². The van der Waals surface area contributed by atoms with Gasteiger partial charge in [0.15, 0.2) is 5.69 Å². The topological polar surface area (TPSA) is 125 Å². The van der Waals surface area contributed by atoms with Crippen molar-refractivity contribution in [3.63, 3.8) is 0 Å². The van der Waals surface area contributed by atoms with Gasteiger partial charge in [0.1, 0.15) is 5.82 Å². The van der Waals surface area contributed by atoms with Crippen LogP contribution < -0.4 is 34.9 Å². The summed E-state index contributed by atoms with van der Waals surface area (Å²) >= 11 is 0. The zero-order valence-corrected chi connectivity index (χ0v) is 24.3. The zero-order chi connectivity index (χ0) is 27.1. The SMILES string of the molecule is CC(C)c1c(C(=O)N[C@@H](C)c2ccccc2)nn(-c2ccc(F)cc2)c1CC[C@@H](O)C[C@@H](O)CC(=O)O.[H-].[Na+]. The molecule has 1 aromatic heterocycles. The number of aliphatic hydroxyl groups excluding tert-OH is 2. The molecule has 38 heavy (non-hydrogen) atoms. The van der Waals surface area contributed by atoms with Crippen molar-refractivity contribution in [2.45, 2.75) is 70.6 Å². The van der Waals surface area contributed by atoms with E-state index in [1.54, 1.807) is 16.8 Å². The molecule has 200 valence electrons. The minimum atomic E-state index is -1.17. The number of halogens is 1. The quantitative estimate of drug-likeness (QED) is 0.259. The van der Waals surface area contributed by atoms with Gasteiger partial charge in [-0.25, -0.2) is 9.07 Å². The summed E-state index contributed by atoms with van der Waals surface area (Å²) < 4.78 is 15.2. The van der Waals surface area contributed by atoms with E-state index < -0.39 is 30.4 Å². The van der Waals surface area contributed by atoms with Crippen LogP contribution in [0, 0.1) is 5.82 Å². The van der Waals surface area contributed by atoms with Crippen molar-refractivity contribution in [2.24, 2.45) is 0 Å². The van der Waals surface area contributed by atoms with Crippen molar-refractivity contribution >= 4 is 11.9 Å². The number of carbonyl (C=O) groups excluding carboxylic acids is 1. The summed E-state index contributed by atoms with van der Waals surface area (Å²) in [7, 11) is 0. The Labute approximate surface area is 245 Å². The summed E-state index contributed by atoms with van der Waals surface area (Å²) in [4.78, 5) is 24.2. The maximum atomic E-state index is 13.6. The number of carbonyl (C=O) groups is 2. The minimum Gasteiger partial charge on any atom is -1.00 e. The predicted molar refractivity (Wildman–Crippen MR) is 138 cm³/mol. The molecule has 1 amide bonds. The molecule has 0 spiro atoms. The van der Waals surface area contributed by atoms with Crippen molar-refractivity contribution in [3.8, 4) is 5.69 Å². The minimum absolute atomic E-state index is 0. The van der Waals surface area contributed by atoms with Crippen LogP contribution in [0.1, 0.15) is 80.7 Å². The number of benzene rings is 2. The fraction of sp³-hybridized carbons (Fsp3) is 0.393. The molecule has 2 aromatic carbocycles. The molecule has 0 unspecified atom stereocenters. The van der Waals surface area contributed by atoms with Gasteiger partial charge in [0.05, 0.1) is 30.4 Å². The summed E-state index contributed by atoms with van der Waals surface area (Å²) in [5.41, 5.74) is 3.15. The first-order valence-electron chi connectivity index (χ1n) is 12.4. The van der Waals surface area contributed by atoms with Crippen molar-refractivity contribution in [1.29, 1.82) is 0 Å². The fourth-order valence-corrected chi connectivity index (χ4v) is 4.39. The molecule has 0 saturated heterocycles. The number of aromatic nitrogens is 2. The maximum Gasteiger partial charge on any atom is 1.00 e. The number of rotatable bonds is 12. The molecule has 8 nitrogen and oxygen atoms in total. The van der Waals surface area contributed by atoms with Crippen LogP contribution >= 0.6 is 0 Å². The number of aliphatic hydroxyl groups is 2. The predicted octanol–water partition coefficient (Wildman–Crippen LogP) is 1.26. The average Bonchev–Trinajstić information content (AvgIpc) is 3.23. The third-order valence-corrected chi connectivity index (χ3v) is 6.20. The molecule has 3 aromatic rings. The van der Waals surface area contributed by atoms with E-state index in [2.05, 4.69) is 10.4 Å². The second kappa shape index (κ2) is 14.6. The molecule has 4 N–H and O–H groups in total. The van der Waals surface area contributed by atoms with Crippen LogP contribution in [-0.4, -0.2) is 49.2 Å². The Morgan fingerprint density at radius 3 is 2.24 bits per heavy atom. The summed E-state index contributed by atoms with van der Waals surface area (Å²) in [6, 6.07) is 15.1. The monoisotopic (exact) mass is 535 g/mol. The van der Waals surface area contributed by atoms with Crippen LogP contribution in [0.2, 0.25) is 0 Å². The van der Waals surface area contributed by atoms with E-state index in [-0.39, 0.29) is 67.4 Å². The molecule has 0 aliphatic carbocycles. The normalized spacial score (nSPS) is 13.4. The number of nitrogens with one attached hydrogen (secondary N) is 1. The number of aliphatic carboxylic acids is 1. The molecule has 0 bridgehead atoms. The first-order chi connectivity index (χ1) is 17.6. The molecule has 1 heterocycles. The molecule has 0 aliphatic heterocycles. The Bertz CT molecular complexity index is 1210. The number of carboxylic acid groups (broad SMARTS) is 1. The molecule has 0 aliphatic rings. The number of nitrogens with zero attached hydrogens (tertiary/aromatic N) is 2. The molecule has 3 rings (SSSR count). The third-order valence-electron chi connectivity index (χ3n) is 6.20. The average molecular weight is 536 g/mol. The Morgan fingerprint density at radius 1 is 1.03 bits per heavy atom. The number of amides is 1. The molecule has 0 radical (unpaired) electrons. The van der Waals surface area contributed by atoms with Crippen LogP contribution in [0.4, 0.5) is 4.39 Å². The van der Waals surface area contributed by atoms with Gasteiger partial charge < -0.3 is 22.1 Å². The molecule has 3 atom stereocenters. The maximum absolute atomic E-state index is 13.6. The van der Waals surface area contributed by atoms with Crippen LogP contribution in [0.15, 0.2) is 54.6 Å². The van der Waals surface area contributed by atoms with Gasteiger partial charge in [-0.2, -0.15) is 5.10 Å². The van der Waals surface area contributed by atoms with Gasteiger partial charge in [0.2, 0.25) is 0 Å². The van der Waals surface area contributed by atoms with Crippen molar-refractivity contribution in [3.05, 3.63) is 82.9 Å². The molecular formula is C28H35FN3NaO5. The number of hydrogen-bond donors (Lipinski definition) is 4. The Kier molecular flexibility index (Phi) is 12.1. The Morgan fingerprint density at radius 2 is 1.66 bits per heavy atom. The van der Waals surface area contributed by atoms with Gasteiger partial charge in [-0.3, -0.25) is 9.59 Å². The van der Waals surface area contributed by atoms with Gasteiger partial charge in [-0.05, 0) is 61.9 Å². The van der Waals surface area contributed by atoms with Gasteiger partial charge in [-0.15, -0.1) is 0 Å². The Balaban J connectivity index is 0.00000380. The van der Waals surface area contributed by atoms with Crippen LogP contribution in [0.3, 0.4) is 0 Å². The van der Waals surface area contributed by atoms with Gasteiger partial charge in [0, 0.05) is 11.3 Å². The molecule has 10 heteroatoms. The van der Waals surface area contributed by atoms with E-state index in [9.17, 15) is 24.2 Å². The summed E-state index contributed by atoms with van der Waals surface area (Å²) in [5, 5.41) is 36.9. The summed E-state index contributed by atoms with van der Waals surface area (Å²) in [5.74, 6) is -1.98. The van der Waals surface area contributed by atoms with Crippen LogP contribution in [-0.2, 0) is 11.2 Å². The summed E-state index contributed by atoms with van der Waals surface area (Å²) in [6.45, 7) is 5.78. The van der Waals surface area contributed by atoms with Crippen LogP contribution in [0.5, 0.6) is 0 Å². The van der Waals surface area contributed by atoms with E-state index in [1.807, 2.05) is 51.1 Å². The smallest absolute Gasteiger partial charge is 1.00 e. The fourth-order valence-electron chi connectivity index (χ4n) is 4.39. The first-order valence-corrected chi connectivity index (χ1v) is 12.4. The second-order valence-corrected chi connectivity index (χ2v) is 9.54. The van der Waals surface area contributed by atoms with E-state index in [1.165, 1.54) is 12.1 Å².